The fourth-order valence-corrected chi connectivity index (χ4v) is 1.58. The second-order valence-corrected chi connectivity index (χ2v) is 3.21. The minimum atomic E-state index is -0.608. The van der Waals surface area contributed by atoms with Crippen LogP contribution in [0.25, 0.3) is 11.0 Å². The molecule has 0 unspecified atom stereocenters. The standard InChI is InChI=1S/C9H6ClNO4/c1-14-7-3-2-6-5(9(7)10)4-8(15-6)11(12)13/h2-4H,1H3. The van der Waals surface area contributed by atoms with Gasteiger partial charge in [-0.2, -0.15) is 0 Å². The van der Waals surface area contributed by atoms with Crippen LogP contribution in [0.5, 0.6) is 5.75 Å². The highest BCUT2D eigenvalue weighted by Crippen LogP contribution is 2.36. The molecule has 78 valence electrons. The van der Waals surface area contributed by atoms with Gasteiger partial charge in [0, 0.05) is 0 Å². The first-order valence-electron chi connectivity index (χ1n) is 4.04. The summed E-state index contributed by atoms with van der Waals surface area (Å²) in [6, 6.07) is 4.45. The van der Waals surface area contributed by atoms with Crippen LogP contribution >= 0.6 is 11.6 Å². The number of nitrogens with zero attached hydrogens (tertiary/aromatic N) is 1. The summed E-state index contributed by atoms with van der Waals surface area (Å²) in [5.41, 5.74) is 0.368. The second kappa shape index (κ2) is 3.43. The number of rotatable bonds is 2. The van der Waals surface area contributed by atoms with Crippen LogP contribution in [0.3, 0.4) is 0 Å². The zero-order chi connectivity index (χ0) is 11.0. The topological polar surface area (TPSA) is 65.5 Å². The number of halogens is 1. The number of hydrogen-bond donors (Lipinski definition) is 0. The van der Waals surface area contributed by atoms with E-state index in [0.717, 1.165) is 0 Å². The van der Waals surface area contributed by atoms with Crippen LogP contribution in [-0.4, -0.2) is 12.0 Å². The van der Waals surface area contributed by atoms with E-state index in [1.54, 1.807) is 12.1 Å². The van der Waals surface area contributed by atoms with E-state index in [1.165, 1.54) is 13.2 Å². The van der Waals surface area contributed by atoms with Gasteiger partial charge in [-0.15, -0.1) is 0 Å². The summed E-state index contributed by atoms with van der Waals surface area (Å²) < 4.78 is 9.95. The van der Waals surface area contributed by atoms with Crippen LogP contribution in [0.2, 0.25) is 5.02 Å². The van der Waals surface area contributed by atoms with Gasteiger partial charge in [-0.1, -0.05) is 11.6 Å². The van der Waals surface area contributed by atoms with E-state index >= 15 is 0 Å². The van der Waals surface area contributed by atoms with Gasteiger partial charge in [-0.3, -0.25) is 10.1 Å². The molecular formula is C9H6ClNO4. The largest absolute Gasteiger partial charge is 0.495 e. The van der Waals surface area contributed by atoms with Crippen molar-refractivity contribution in [2.75, 3.05) is 7.11 Å². The molecule has 0 fully saturated rings. The van der Waals surface area contributed by atoms with E-state index in [2.05, 4.69) is 0 Å². The summed E-state index contributed by atoms with van der Waals surface area (Å²) in [6.07, 6.45) is 0. The van der Waals surface area contributed by atoms with E-state index in [1.807, 2.05) is 0 Å². The van der Waals surface area contributed by atoms with Crippen molar-refractivity contribution in [1.82, 2.24) is 0 Å². The molecule has 0 radical (unpaired) electrons. The number of ether oxygens (including phenoxy) is 1. The van der Waals surface area contributed by atoms with Crippen molar-refractivity contribution in [3.8, 4) is 5.75 Å². The first-order chi connectivity index (χ1) is 7.13. The molecule has 0 bridgehead atoms. The van der Waals surface area contributed by atoms with Gasteiger partial charge in [0.15, 0.2) is 0 Å². The third-order valence-electron chi connectivity index (χ3n) is 1.99. The lowest BCUT2D eigenvalue weighted by molar-refractivity contribution is -0.401. The lowest BCUT2D eigenvalue weighted by Gasteiger charge is -2.01. The molecule has 6 heteroatoms. The lowest BCUT2D eigenvalue weighted by atomic mass is 10.2. The fraction of sp³-hybridized carbons (Fsp3) is 0.111. The molecule has 0 aliphatic rings. The number of benzene rings is 1. The molecular weight excluding hydrogens is 222 g/mol. The Balaban J connectivity index is 2.71. The molecule has 0 saturated heterocycles. The Kier molecular flexibility index (Phi) is 2.24. The maximum Gasteiger partial charge on any atom is 0.434 e. The van der Waals surface area contributed by atoms with Crippen molar-refractivity contribution in [2.45, 2.75) is 0 Å². The molecule has 0 atom stereocenters. The van der Waals surface area contributed by atoms with E-state index in [9.17, 15) is 10.1 Å². The number of hydrogen-bond acceptors (Lipinski definition) is 4. The summed E-state index contributed by atoms with van der Waals surface area (Å²) in [5, 5.41) is 11.3. The number of methoxy groups -OCH3 is 1. The Hall–Kier alpha value is -1.75. The molecule has 2 rings (SSSR count). The van der Waals surface area contributed by atoms with Crippen molar-refractivity contribution in [1.29, 1.82) is 0 Å². The Morgan fingerprint density at radius 1 is 1.53 bits per heavy atom. The first-order valence-corrected chi connectivity index (χ1v) is 4.41. The van der Waals surface area contributed by atoms with Gasteiger partial charge in [0.1, 0.15) is 16.3 Å². The Labute approximate surface area is 89.3 Å². The van der Waals surface area contributed by atoms with E-state index in [0.29, 0.717) is 21.7 Å². The normalized spacial score (nSPS) is 10.5. The minimum absolute atomic E-state index is 0.312. The zero-order valence-electron chi connectivity index (χ0n) is 7.69. The van der Waals surface area contributed by atoms with Gasteiger partial charge in [0.25, 0.3) is 0 Å². The fourth-order valence-electron chi connectivity index (χ4n) is 1.29. The Morgan fingerprint density at radius 3 is 2.87 bits per heavy atom. The van der Waals surface area contributed by atoms with Crippen LogP contribution in [0.15, 0.2) is 22.6 Å². The monoisotopic (exact) mass is 227 g/mol. The van der Waals surface area contributed by atoms with Crippen LogP contribution in [0, 0.1) is 10.1 Å². The van der Waals surface area contributed by atoms with Crippen molar-refractivity contribution >= 4 is 28.5 Å². The molecule has 1 aromatic heterocycles. The highest BCUT2D eigenvalue weighted by Gasteiger charge is 2.17. The number of fused-ring (bicyclic) bond motifs is 1. The molecule has 0 aliphatic carbocycles. The first kappa shape index (κ1) is 9.79. The molecule has 0 N–H and O–H groups in total. The zero-order valence-corrected chi connectivity index (χ0v) is 8.45. The summed E-state index contributed by atoms with van der Waals surface area (Å²) in [5.74, 6) is 0.125. The molecule has 0 spiro atoms. The molecule has 0 amide bonds. The van der Waals surface area contributed by atoms with Crippen LogP contribution in [-0.2, 0) is 0 Å². The van der Waals surface area contributed by atoms with E-state index in [-0.39, 0.29) is 5.88 Å². The molecule has 15 heavy (non-hydrogen) atoms. The van der Waals surface area contributed by atoms with Crippen molar-refractivity contribution in [3.05, 3.63) is 33.3 Å². The second-order valence-electron chi connectivity index (χ2n) is 2.84. The molecule has 2 aromatic rings. The van der Waals surface area contributed by atoms with Gasteiger partial charge in [-0.25, -0.2) is 0 Å². The average molecular weight is 228 g/mol. The van der Waals surface area contributed by atoms with Crippen molar-refractivity contribution < 1.29 is 14.1 Å². The molecule has 1 heterocycles. The van der Waals surface area contributed by atoms with Gasteiger partial charge in [-0.05, 0) is 12.1 Å². The Morgan fingerprint density at radius 2 is 2.27 bits per heavy atom. The molecule has 1 aromatic carbocycles. The van der Waals surface area contributed by atoms with Crippen LogP contribution in [0.4, 0.5) is 5.88 Å². The number of nitro groups is 1. The van der Waals surface area contributed by atoms with Crippen molar-refractivity contribution in [2.24, 2.45) is 0 Å². The van der Waals surface area contributed by atoms with Crippen LogP contribution in [0.1, 0.15) is 0 Å². The van der Waals surface area contributed by atoms with Crippen molar-refractivity contribution in [3.63, 3.8) is 0 Å². The highest BCUT2D eigenvalue weighted by atomic mass is 35.5. The summed E-state index contributed by atoms with van der Waals surface area (Å²) in [4.78, 5) is 9.87. The third-order valence-corrected chi connectivity index (χ3v) is 2.38. The van der Waals surface area contributed by atoms with Gasteiger partial charge >= 0.3 is 5.88 Å². The summed E-state index contributed by atoms with van der Waals surface area (Å²) in [7, 11) is 1.47. The highest BCUT2D eigenvalue weighted by molar-refractivity contribution is 6.36. The average Bonchev–Trinajstić information content (AvgIpc) is 2.63. The molecule has 0 aliphatic heterocycles. The Bertz CT molecular complexity index is 534. The predicted molar refractivity (Wildman–Crippen MR) is 54.4 cm³/mol. The maximum absolute atomic E-state index is 10.5. The lowest BCUT2D eigenvalue weighted by Crippen LogP contribution is -1.83. The summed E-state index contributed by atoms with van der Waals surface area (Å²) in [6.45, 7) is 0. The minimum Gasteiger partial charge on any atom is -0.495 e. The SMILES string of the molecule is COc1ccc2oc([N+](=O)[O-])cc2c1Cl. The van der Waals surface area contributed by atoms with E-state index < -0.39 is 4.92 Å². The number of furan rings is 1. The molecule has 5 nitrogen and oxygen atoms in total. The van der Waals surface area contributed by atoms with Gasteiger partial charge in [0.2, 0.25) is 0 Å². The maximum atomic E-state index is 10.5. The third kappa shape index (κ3) is 1.50. The molecule has 0 saturated carbocycles. The van der Waals surface area contributed by atoms with Gasteiger partial charge in [0.05, 0.1) is 23.6 Å². The van der Waals surface area contributed by atoms with E-state index in [4.69, 9.17) is 20.8 Å². The summed E-state index contributed by atoms with van der Waals surface area (Å²) >= 11 is 5.95. The van der Waals surface area contributed by atoms with Crippen LogP contribution < -0.4 is 4.74 Å². The van der Waals surface area contributed by atoms with Gasteiger partial charge < -0.3 is 9.15 Å². The quantitative estimate of drug-likeness (QED) is 0.584. The predicted octanol–water partition coefficient (Wildman–Crippen LogP) is 3.00. The smallest absolute Gasteiger partial charge is 0.434 e.